The third-order valence-corrected chi connectivity index (χ3v) is 5.65. The van der Waals surface area contributed by atoms with Crippen LogP contribution in [0.4, 0.5) is 5.69 Å². The van der Waals surface area contributed by atoms with Gasteiger partial charge in [-0.1, -0.05) is 32.9 Å². The second kappa shape index (κ2) is 7.44. The van der Waals surface area contributed by atoms with Crippen LogP contribution in [-0.4, -0.2) is 19.9 Å². The zero-order valence-corrected chi connectivity index (χ0v) is 17.6. The lowest BCUT2D eigenvalue weighted by atomic mass is 9.87. The number of sulfonamides is 1. The van der Waals surface area contributed by atoms with E-state index >= 15 is 0 Å². The SMILES string of the molecule is CC(C)(C)NS(=O)(=O)c1ccc(C(=O)Nc2ccc(C(C)(C)C)cc2)cc1. The van der Waals surface area contributed by atoms with E-state index in [0.717, 1.165) is 0 Å². The van der Waals surface area contributed by atoms with Crippen LogP contribution in [0.25, 0.3) is 0 Å². The van der Waals surface area contributed by atoms with Gasteiger partial charge in [0.1, 0.15) is 0 Å². The van der Waals surface area contributed by atoms with Crippen molar-refractivity contribution in [3.8, 4) is 0 Å². The molecule has 5 nitrogen and oxygen atoms in total. The molecule has 2 N–H and O–H groups in total. The van der Waals surface area contributed by atoms with Crippen LogP contribution in [0.5, 0.6) is 0 Å². The van der Waals surface area contributed by atoms with Crippen molar-refractivity contribution in [2.45, 2.75) is 57.4 Å². The fraction of sp³-hybridized carbons (Fsp3) is 0.381. The first-order valence-electron chi connectivity index (χ1n) is 8.84. The maximum atomic E-state index is 12.4. The van der Waals surface area contributed by atoms with E-state index in [2.05, 4.69) is 30.8 Å². The van der Waals surface area contributed by atoms with Crippen molar-refractivity contribution < 1.29 is 13.2 Å². The lowest BCUT2D eigenvalue weighted by Crippen LogP contribution is -2.40. The normalized spacial score (nSPS) is 12.7. The van der Waals surface area contributed by atoms with Crippen LogP contribution in [0.2, 0.25) is 0 Å². The number of hydrogen-bond acceptors (Lipinski definition) is 3. The van der Waals surface area contributed by atoms with E-state index in [1.165, 1.54) is 29.8 Å². The molecule has 146 valence electrons. The predicted octanol–water partition coefficient (Wildman–Crippen LogP) is 4.31. The summed E-state index contributed by atoms with van der Waals surface area (Å²) in [6.45, 7) is 11.7. The Morgan fingerprint density at radius 1 is 0.815 bits per heavy atom. The first-order valence-corrected chi connectivity index (χ1v) is 10.3. The molecule has 0 spiro atoms. The predicted molar refractivity (Wildman–Crippen MR) is 110 cm³/mol. The lowest BCUT2D eigenvalue weighted by Gasteiger charge is -2.20. The van der Waals surface area contributed by atoms with Crippen molar-refractivity contribution in [1.29, 1.82) is 0 Å². The molecule has 6 heteroatoms. The molecule has 0 atom stereocenters. The smallest absolute Gasteiger partial charge is 0.255 e. The highest BCUT2D eigenvalue weighted by atomic mass is 32.2. The molecule has 2 aromatic rings. The van der Waals surface area contributed by atoms with Crippen LogP contribution in [0.3, 0.4) is 0 Å². The number of carbonyl (C=O) groups is 1. The number of anilines is 1. The molecule has 0 bridgehead atoms. The molecule has 0 radical (unpaired) electrons. The molecular weight excluding hydrogens is 360 g/mol. The zero-order chi connectivity index (χ0) is 20.5. The van der Waals surface area contributed by atoms with Gasteiger partial charge in [0.15, 0.2) is 0 Å². The summed E-state index contributed by atoms with van der Waals surface area (Å²) in [6, 6.07) is 13.6. The highest BCUT2D eigenvalue weighted by molar-refractivity contribution is 7.89. The molecule has 0 saturated heterocycles. The number of amides is 1. The summed E-state index contributed by atoms with van der Waals surface area (Å²) in [4.78, 5) is 12.5. The first-order chi connectivity index (χ1) is 12.3. The maximum absolute atomic E-state index is 12.4. The van der Waals surface area contributed by atoms with Crippen LogP contribution in [0, 0.1) is 0 Å². The van der Waals surface area contributed by atoms with Gasteiger partial charge < -0.3 is 5.32 Å². The molecule has 0 unspecified atom stereocenters. The van der Waals surface area contributed by atoms with Gasteiger partial charge in [-0.2, -0.15) is 0 Å². The molecule has 0 heterocycles. The van der Waals surface area contributed by atoms with Crippen molar-refractivity contribution in [2.24, 2.45) is 0 Å². The largest absolute Gasteiger partial charge is 0.322 e. The van der Waals surface area contributed by atoms with Gasteiger partial charge in [0.05, 0.1) is 4.90 Å². The summed E-state index contributed by atoms with van der Waals surface area (Å²) in [5.74, 6) is -0.286. The van der Waals surface area contributed by atoms with Gasteiger partial charge >= 0.3 is 0 Å². The minimum Gasteiger partial charge on any atom is -0.322 e. The van der Waals surface area contributed by atoms with E-state index in [-0.39, 0.29) is 16.2 Å². The fourth-order valence-electron chi connectivity index (χ4n) is 2.50. The van der Waals surface area contributed by atoms with Crippen LogP contribution >= 0.6 is 0 Å². The fourth-order valence-corrected chi connectivity index (χ4v) is 3.92. The maximum Gasteiger partial charge on any atom is 0.255 e. The Labute approximate surface area is 162 Å². The highest BCUT2D eigenvalue weighted by Gasteiger charge is 2.22. The molecule has 0 aliphatic carbocycles. The lowest BCUT2D eigenvalue weighted by molar-refractivity contribution is 0.102. The Hall–Kier alpha value is -2.18. The Bertz CT molecular complexity index is 902. The summed E-state index contributed by atoms with van der Waals surface area (Å²) >= 11 is 0. The van der Waals surface area contributed by atoms with Gasteiger partial charge in [-0.05, 0) is 68.1 Å². The molecule has 0 aliphatic rings. The second-order valence-corrected chi connectivity index (χ2v) is 10.3. The first kappa shape index (κ1) is 21.1. The topological polar surface area (TPSA) is 75.3 Å². The molecular formula is C21H28N2O3S. The van der Waals surface area contributed by atoms with Crippen molar-refractivity contribution in [1.82, 2.24) is 4.72 Å². The highest BCUT2D eigenvalue weighted by Crippen LogP contribution is 2.23. The summed E-state index contributed by atoms with van der Waals surface area (Å²) in [5.41, 5.74) is 1.74. The molecule has 27 heavy (non-hydrogen) atoms. The van der Waals surface area contributed by atoms with Gasteiger partial charge in [0.2, 0.25) is 10.0 Å². The Morgan fingerprint density at radius 2 is 1.33 bits per heavy atom. The van der Waals surface area contributed by atoms with Gasteiger partial charge in [0.25, 0.3) is 5.91 Å². The van der Waals surface area contributed by atoms with E-state index in [1.54, 1.807) is 20.8 Å². The third-order valence-electron chi connectivity index (χ3n) is 3.88. The van der Waals surface area contributed by atoms with Crippen molar-refractivity contribution in [3.05, 3.63) is 59.7 Å². The number of rotatable bonds is 4. The van der Waals surface area contributed by atoms with E-state index in [9.17, 15) is 13.2 Å². The van der Waals surface area contributed by atoms with Crippen molar-refractivity contribution >= 4 is 21.6 Å². The van der Waals surface area contributed by atoms with Gasteiger partial charge in [-0.25, -0.2) is 13.1 Å². The average molecular weight is 389 g/mol. The average Bonchev–Trinajstić information content (AvgIpc) is 2.52. The summed E-state index contributed by atoms with van der Waals surface area (Å²) in [7, 11) is -3.62. The van der Waals surface area contributed by atoms with E-state index in [0.29, 0.717) is 11.3 Å². The van der Waals surface area contributed by atoms with Gasteiger partial charge in [-0.15, -0.1) is 0 Å². The zero-order valence-electron chi connectivity index (χ0n) is 16.8. The molecule has 0 fully saturated rings. The molecule has 1 amide bonds. The van der Waals surface area contributed by atoms with E-state index in [1.807, 2.05) is 24.3 Å². The molecule has 0 saturated carbocycles. The van der Waals surface area contributed by atoms with Crippen molar-refractivity contribution in [2.75, 3.05) is 5.32 Å². The number of benzene rings is 2. The Kier molecular flexibility index (Phi) is 5.82. The van der Waals surface area contributed by atoms with Crippen LogP contribution in [0.1, 0.15) is 57.5 Å². The van der Waals surface area contributed by atoms with Gasteiger partial charge in [0, 0.05) is 16.8 Å². The number of hydrogen-bond donors (Lipinski definition) is 2. The van der Waals surface area contributed by atoms with Crippen LogP contribution in [-0.2, 0) is 15.4 Å². The summed E-state index contributed by atoms with van der Waals surface area (Å²) in [5, 5.41) is 2.83. The summed E-state index contributed by atoms with van der Waals surface area (Å²) in [6.07, 6.45) is 0. The third kappa shape index (κ3) is 5.91. The molecule has 0 aliphatic heterocycles. The molecule has 2 rings (SSSR count). The standard InChI is InChI=1S/C21H28N2O3S/c1-20(2,3)16-9-11-17(12-10-16)22-19(24)15-7-13-18(14-8-15)27(25,26)23-21(4,5)6/h7-14,23H,1-6H3,(H,22,24). The van der Waals surface area contributed by atoms with Crippen LogP contribution in [0.15, 0.2) is 53.4 Å². The minimum absolute atomic E-state index is 0.0466. The van der Waals surface area contributed by atoms with Crippen molar-refractivity contribution in [3.63, 3.8) is 0 Å². The van der Waals surface area contributed by atoms with E-state index in [4.69, 9.17) is 0 Å². The quantitative estimate of drug-likeness (QED) is 0.819. The summed E-state index contributed by atoms with van der Waals surface area (Å²) < 4.78 is 27.2. The van der Waals surface area contributed by atoms with Crippen LogP contribution < -0.4 is 10.0 Å². The Balaban J connectivity index is 2.12. The Morgan fingerprint density at radius 3 is 1.78 bits per heavy atom. The second-order valence-electron chi connectivity index (χ2n) is 8.66. The monoisotopic (exact) mass is 388 g/mol. The minimum atomic E-state index is -3.62. The molecule has 0 aromatic heterocycles. The van der Waals surface area contributed by atoms with E-state index < -0.39 is 15.6 Å². The molecule has 2 aromatic carbocycles. The number of nitrogens with one attached hydrogen (secondary N) is 2. The number of carbonyl (C=O) groups excluding carboxylic acids is 1. The van der Waals surface area contributed by atoms with Gasteiger partial charge in [-0.3, -0.25) is 4.79 Å².